The molecular formula is C26H24N2O5. The number of carboxylic acid groups (broad SMARTS) is 1. The van der Waals surface area contributed by atoms with Gasteiger partial charge in [-0.1, -0.05) is 48.5 Å². The van der Waals surface area contributed by atoms with E-state index < -0.39 is 18.0 Å². The third kappa shape index (κ3) is 4.57. The fourth-order valence-electron chi connectivity index (χ4n) is 4.16. The van der Waals surface area contributed by atoms with Gasteiger partial charge in [-0.3, -0.25) is 4.79 Å². The van der Waals surface area contributed by atoms with E-state index in [0.29, 0.717) is 11.3 Å². The lowest BCUT2D eigenvalue weighted by atomic mass is 9.98. The maximum atomic E-state index is 12.3. The molecule has 4 rings (SSSR count). The summed E-state index contributed by atoms with van der Waals surface area (Å²) in [5.74, 6) is -1.62. The molecule has 0 fully saturated rings. The Morgan fingerprint density at radius 2 is 1.55 bits per heavy atom. The van der Waals surface area contributed by atoms with Crippen molar-refractivity contribution < 1.29 is 24.2 Å². The zero-order valence-corrected chi connectivity index (χ0v) is 18.3. The van der Waals surface area contributed by atoms with Gasteiger partial charge < -0.3 is 20.5 Å². The van der Waals surface area contributed by atoms with E-state index >= 15 is 0 Å². The summed E-state index contributed by atoms with van der Waals surface area (Å²) >= 11 is 0. The number of hydrogen-bond acceptors (Lipinski definition) is 4. The van der Waals surface area contributed by atoms with Gasteiger partial charge in [-0.15, -0.1) is 0 Å². The molecular weight excluding hydrogens is 420 g/mol. The maximum Gasteiger partial charge on any atom is 0.407 e. The molecule has 7 heteroatoms. The van der Waals surface area contributed by atoms with Gasteiger partial charge in [0.25, 0.3) is 0 Å². The average molecular weight is 444 g/mol. The highest BCUT2D eigenvalue weighted by Crippen LogP contribution is 2.44. The van der Waals surface area contributed by atoms with Crippen molar-refractivity contribution in [1.82, 2.24) is 5.32 Å². The van der Waals surface area contributed by atoms with Gasteiger partial charge in [0.05, 0.1) is 5.56 Å². The number of amides is 2. The molecule has 0 saturated heterocycles. The van der Waals surface area contributed by atoms with Gasteiger partial charge in [0.1, 0.15) is 13.2 Å². The number of anilines is 1. The third-order valence-electron chi connectivity index (χ3n) is 5.92. The predicted octanol–water partition coefficient (Wildman–Crippen LogP) is 4.48. The van der Waals surface area contributed by atoms with Crippen LogP contribution in [0.2, 0.25) is 0 Å². The van der Waals surface area contributed by atoms with Crippen LogP contribution in [0.3, 0.4) is 0 Å². The minimum atomic E-state index is -1.07. The fraction of sp³-hybridized carbons (Fsp3) is 0.192. The zero-order chi connectivity index (χ0) is 23.5. The van der Waals surface area contributed by atoms with Crippen molar-refractivity contribution in [2.24, 2.45) is 0 Å². The minimum absolute atomic E-state index is 0.0676. The quantitative estimate of drug-likeness (QED) is 0.520. The number of benzene rings is 3. The van der Waals surface area contributed by atoms with Crippen LogP contribution in [0.4, 0.5) is 10.5 Å². The lowest BCUT2D eigenvalue weighted by Gasteiger charge is -2.15. The van der Waals surface area contributed by atoms with E-state index in [0.717, 1.165) is 27.8 Å². The Bertz CT molecular complexity index is 1210. The summed E-state index contributed by atoms with van der Waals surface area (Å²) in [6.07, 6.45) is -0.696. The first-order valence-electron chi connectivity index (χ1n) is 10.6. The van der Waals surface area contributed by atoms with Crippen molar-refractivity contribution in [2.45, 2.75) is 19.8 Å². The Hall–Kier alpha value is -4.13. The minimum Gasteiger partial charge on any atom is -0.478 e. The van der Waals surface area contributed by atoms with E-state index in [1.807, 2.05) is 36.4 Å². The Labute approximate surface area is 191 Å². The first kappa shape index (κ1) is 22.1. The van der Waals surface area contributed by atoms with Gasteiger partial charge in [0.2, 0.25) is 5.91 Å². The van der Waals surface area contributed by atoms with Gasteiger partial charge in [-0.05, 0) is 59.4 Å². The lowest BCUT2D eigenvalue weighted by molar-refractivity contribution is -0.115. The first-order chi connectivity index (χ1) is 15.8. The lowest BCUT2D eigenvalue weighted by Crippen LogP contribution is -2.34. The molecule has 1 aliphatic carbocycles. The van der Waals surface area contributed by atoms with Crippen LogP contribution < -0.4 is 10.6 Å². The van der Waals surface area contributed by atoms with Crippen molar-refractivity contribution in [3.05, 3.63) is 88.5 Å². The topological polar surface area (TPSA) is 105 Å². The van der Waals surface area contributed by atoms with E-state index in [1.54, 1.807) is 19.9 Å². The Morgan fingerprint density at radius 3 is 2.15 bits per heavy atom. The summed E-state index contributed by atoms with van der Waals surface area (Å²) in [7, 11) is 0. The molecule has 1 aliphatic rings. The summed E-state index contributed by atoms with van der Waals surface area (Å²) < 4.78 is 5.42. The molecule has 3 aromatic rings. The monoisotopic (exact) mass is 444 g/mol. The van der Waals surface area contributed by atoms with Crippen molar-refractivity contribution >= 4 is 23.7 Å². The molecule has 0 bridgehead atoms. The molecule has 0 radical (unpaired) electrons. The second-order valence-corrected chi connectivity index (χ2v) is 8.00. The Kier molecular flexibility index (Phi) is 6.13. The van der Waals surface area contributed by atoms with Crippen LogP contribution >= 0.6 is 0 Å². The second kappa shape index (κ2) is 9.16. The van der Waals surface area contributed by atoms with E-state index in [1.165, 1.54) is 6.07 Å². The van der Waals surface area contributed by atoms with Crippen LogP contribution in [0.15, 0.2) is 60.7 Å². The largest absolute Gasteiger partial charge is 0.478 e. The van der Waals surface area contributed by atoms with E-state index in [4.69, 9.17) is 4.74 Å². The van der Waals surface area contributed by atoms with Gasteiger partial charge in [0.15, 0.2) is 0 Å². The number of carbonyl (C=O) groups excluding carboxylic acids is 2. The Balaban J connectivity index is 1.33. The number of carbonyl (C=O) groups is 3. The number of alkyl carbamates (subject to hydrolysis) is 1. The first-order valence-corrected chi connectivity index (χ1v) is 10.6. The normalized spacial score (nSPS) is 11.9. The summed E-state index contributed by atoms with van der Waals surface area (Å²) in [5, 5.41) is 14.4. The predicted molar refractivity (Wildman–Crippen MR) is 125 cm³/mol. The van der Waals surface area contributed by atoms with Gasteiger partial charge >= 0.3 is 12.1 Å². The van der Waals surface area contributed by atoms with Crippen LogP contribution in [0.25, 0.3) is 11.1 Å². The molecule has 0 aromatic heterocycles. The fourth-order valence-corrected chi connectivity index (χ4v) is 4.16. The maximum absolute atomic E-state index is 12.3. The van der Waals surface area contributed by atoms with Gasteiger partial charge in [0, 0.05) is 11.6 Å². The number of aryl methyl sites for hydroxylation is 1. The highest BCUT2D eigenvalue weighted by Gasteiger charge is 2.29. The van der Waals surface area contributed by atoms with Crippen LogP contribution in [-0.4, -0.2) is 36.2 Å². The van der Waals surface area contributed by atoms with Crippen LogP contribution in [-0.2, 0) is 9.53 Å². The van der Waals surface area contributed by atoms with Crippen molar-refractivity contribution in [3.63, 3.8) is 0 Å². The molecule has 2 amide bonds. The van der Waals surface area contributed by atoms with Gasteiger partial charge in [-0.25, -0.2) is 9.59 Å². The number of carboxylic acids is 1. The van der Waals surface area contributed by atoms with Crippen LogP contribution in [0.1, 0.15) is 38.5 Å². The van der Waals surface area contributed by atoms with E-state index in [-0.39, 0.29) is 24.6 Å². The summed E-state index contributed by atoms with van der Waals surface area (Å²) in [6.45, 7) is 3.34. The number of aromatic carboxylic acids is 1. The van der Waals surface area contributed by atoms with Crippen LogP contribution in [0, 0.1) is 13.8 Å². The second-order valence-electron chi connectivity index (χ2n) is 8.00. The average Bonchev–Trinajstić information content (AvgIpc) is 3.12. The van der Waals surface area contributed by atoms with Gasteiger partial charge in [-0.2, -0.15) is 0 Å². The van der Waals surface area contributed by atoms with Crippen molar-refractivity contribution in [1.29, 1.82) is 0 Å². The highest BCUT2D eigenvalue weighted by molar-refractivity contribution is 5.96. The molecule has 3 N–H and O–H groups in total. The molecule has 0 spiro atoms. The molecule has 0 aliphatic heterocycles. The van der Waals surface area contributed by atoms with Crippen LogP contribution in [0.5, 0.6) is 0 Å². The third-order valence-corrected chi connectivity index (χ3v) is 5.92. The number of hydrogen-bond donors (Lipinski definition) is 3. The number of nitrogens with one attached hydrogen (secondary N) is 2. The molecule has 7 nitrogen and oxygen atoms in total. The molecule has 0 saturated carbocycles. The van der Waals surface area contributed by atoms with Crippen molar-refractivity contribution in [2.75, 3.05) is 18.5 Å². The molecule has 0 heterocycles. The summed E-state index contributed by atoms with van der Waals surface area (Å²) in [6, 6.07) is 19.2. The number of ether oxygens (including phenoxy) is 1. The molecule has 3 aromatic carbocycles. The highest BCUT2D eigenvalue weighted by atomic mass is 16.5. The number of fused-ring (bicyclic) bond motifs is 3. The standard InChI is InChI=1S/C26H24N2O5/c1-15-11-17(12-22(16(15)2)25(30)31)28-24(29)13-27-26(32)33-14-23-20-9-5-3-7-18(20)19-8-4-6-10-21(19)23/h3-12,23H,13-14H2,1-2H3,(H,27,32)(H,28,29)(H,30,31). The molecule has 0 atom stereocenters. The Morgan fingerprint density at radius 1 is 0.939 bits per heavy atom. The number of rotatable bonds is 6. The molecule has 33 heavy (non-hydrogen) atoms. The SMILES string of the molecule is Cc1cc(NC(=O)CNC(=O)OCC2c3ccccc3-c3ccccc32)cc(C(=O)O)c1C. The van der Waals surface area contributed by atoms with E-state index in [9.17, 15) is 19.5 Å². The smallest absolute Gasteiger partial charge is 0.407 e. The summed E-state index contributed by atoms with van der Waals surface area (Å²) in [5.41, 5.74) is 6.34. The molecule has 168 valence electrons. The summed E-state index contributed by atoms with van der Waals surface area (Å²) in [4.78, 5) is 35.9. The molecule has 0 unspecified atom stereocenters. The van der Waals surface area contributed by atoms with E-state index in [2.05, 4.69) is 22.8 Å². The van der Waals surface area contributed by atoms with Crippen molar-refractivity contribution in [3.8, 4) is 11.1 Å². The zero-order valence-electron chi connectivity index (χ0n) is 18.3.